The van der Waals surface area contributed by atoms with Crippen molar-refractivity contribution in [1.82, 2.24) is 4.57 Å². The highest BCUT2D eigenvalue weighted by Crippen LogP contribution is 2.19. The van der Waals surface area contributed by atoms with Crippen molar-refractivity contribution in [1.29, 1.82) is 0 Å². The number of aromatic nitrogens is 1. The molecule has 0 radical (unpaired) electrons. The van der Waals surface area contributed by atoms with Crippen LogP contribution in [0.3, 0.4) is 0 Å². The van der Waals surface area contributed by atoms with Gasteiger partial charge in [0.2, 0.25) is 0 Å². The summed E-state index contributed by atoms with van der Waals surface area (Å²) < 4.78 is 0.753. The summed E-state index contributed by atoms with van der Waals surface area (Å²) >= 11 is 0. The quantitative estimate of drug-likeness (QED) is 0.762. The summed E-state index contributed by atoms with van der Waals surface area (Å²) in [4.78, 5) is 22.9. The van der Waals surface area contributed by atoms with Crippen LogP contribution in [0.15, 0.2) is 23.1 Å². The van der Waals surface area contributed by atoms with Crippen LogP contribution in [0.5, 0.6) is 0 Å². The van der Waals surface area contributed by atoms with Gasteiger partial charge in [-0.3, -0.25) is 4.79 Å². The van der Waals surface area contributed by atoms with E-state index in [4.69, 9.17) is 5.11 Å². The van der Waals surface area contributed by atoms with Crippen LogP contribution in [0, 0.1) is 0 Å². The zero-order valence-corrected chi connectivity index (χ0v) is 11.8. The third-order valence-corrected chi connectivity index (χ3v) is 3.45. The van der Waals surface area contributed by atoms with Crippen molar-refractivity contribution in [3.05, 3.63) is 34.2 Å². The van der Waals surface area contributed by atoms with Crippen molar-refractivity contribution in [2.75, 3.05) is 0 Å². The van der Waals surface area contributed by atoms with Gasteiger partial charge in [-0.2, -0.15) is 0 Å². The Hall–Kier alpha value is -1.58. The third-order valence-electron chi connectivity index (χ3n) is 3.45. The second-order valence-electron chi connectivity index (χ2n) is 5.03. The van der Waals surface area contributed by atoms with E-state index in [0.29, 0.717) is 5.56 Å². The molecule has 0 amide bonds. The zero-order valence-electron chi connectivity index (χ0n) is 11.8. The Morgan fingerprint density at radius 2 is 2.00 bits per heavy atom. The molecule has 1 rings (SSSR count). The Morgan fingerprint density at radius 1 is 1.32 bits per heavy atom. The normalized spacial score (nSPS) is 12.3. The van der Waals surface area contributed by atoms with Gasteiger partial charge in [-0.25, -0.2) is 9.36 Å². The van der Waals surface area contributed by atoms with Gasteiger partial charge >= 0.3 is 6.09 Å². The maximum Gasteiger partial charge on any atom is 0.418 e. The van der Waals surface area contributed by atoms with E-state index in [1.807, 2.05) is 6.92 Å². The molecule has 1 aromatic heterocycles. The van der Waals surface area contributed by atoms with Crippen molar-refractivity contribution in [3.8, 4) is 0 Å². The van der Waals surface area contributed by atoms with E-state index >= 15 is 0 Å². The van der Waals surface area contributed by atoms with Crippen LogP contribution in [0.25, 0.3) is 0 Å². The maximum absolute atomic E-state index is 12.0. The summed E-state index contributed by atoms with van der Waals surface area (Å²) in [6, 6.07) is 3.36. The standard InChI is InChI=1S/C15H23NO3/c1-3-4-5-6-7-9-12(2)13-10-8-11-16(14(13)17)15(18)19/h8,10-12H,3-7,9H2,1-2H3,(H,18,19)/t12-/m0/s1. The van der Waals surface area contributed by atoms with Crippen molar-refractivity contribution < 1.29 is 9.90 Å². The lowest BCUT2D eigenvalue weighted by Crippen LogP contribution is -2.28. The molecule has 0 saturated heterocycles. The molecule has 4 nitrogen and oxygen atoms in total. The van der Waals surface area contributed by atoms with E-state index in [9.17, 15) is 9.59 Å². The number of carbonyl (C=O) groups is 1. The van der Waals surface area contributed by atoms with Gasteiger partial charge < -0.3 is 5.11 Å². The number of hydrogen-bond donors (Lipinski definition) is 1. The molecule has 0 bridgehead atoms. The predicted molar refractivity (Wildman–Crippen MR) is 75.9 cm³/mol. The molecule has 1 N–H and O–H groups in total. The van der Waals surface area contributed by atoms with Gasteiger partial charge in [-0.05, 0) is 18.4 Å². The molecule has 0 aromatic carbocycles. The number of pyridine rings is 1. The first-order valence-electron chi connectivity index (χ1n) is 7.02. The van der Waals surface area contributed by atoms with Crippen LogP contribution in [0.2, 0.25) is 0 Å². The summed E-state index contributed by atoms with van der Waals surface area (Å²) in [6.07, 6.45) is 6.98. The van der Waals surface area contributed by atoms with Crippen LogP contribution < -0.4 is 5.56 Å². The second-order valence-corrected chi connectivity index (χ2v) is 5.03. The highest BCUT2D eigenvalue weighted by atomic mass is 16.4. The maximum atomic E-state index is 12.0. The minimum Gasteiger partial charge on any atom is -0.464 e. The Kier molecular flexibility index (Phi) is 6.33. The van der Waals surface area contributed by atoms with Gasteiger partial charge in [0.25, 0.3) is 5.56 Å². The topological polar surface area (TPSA) is 59.3 Å². The van der Waals surface area contributed by atoms with Gasteiger partial charge in [-0.15, -0.1) is 0 Å². The fourth-order valence-corrected chi connectivity index (χ4v) is 2.25. The Bertz CT molecular complexity index is 465. The van der Waals surface area contributed by atoms with Crippen LogP contribution in [-0.4, -0.2) is 15.8 Å². The molecule has 1 aromatic rings. The lowest BCUT2D eigenvalue weighted by Gasteiger charge is -2.11. The summed E-state index contributed by atoms with van der Waals surface area (Å²) in [5, 5.41) is 8.91. The van der Waals surface area contributed by atoms with E-state index in [2.05, 4.69) is 6.92 Å². The molecule has 0 aliphatic carbocycles. The number of carboxylic acid groups (broad SMARTS) is 1. The molecule has 0 unspecified atom stereocenters. The summed E-state index contributed by atoms with van der Waals surface area (Å²) in [7, 11) is 0. The zero-order chi connectivity index (χ0) is 14.3. The second kappa shape index (κ2) is 7.77. The minimum absolute atomic E-state index is 0.112. The van der Waals surface area contributed by atoms with Crippen molar-refractivity contribution in [3.63, 3.8) is 0 Å². The molecule has 106 valence electrons. The van der Waals surface area contributed by atoms with E-state index < -0.39 is 11.7 Å². The average molecular weight is 265 g/mol. The third kappa shape index (κ3) is 4.54. The van der Waals surface area contributed by atoms with Gasteiger partial charge in [0.1, 0.15) is 0 Å². The smallest absolute Gasteiger partial charge is 0.418 e. The summed E-state index contributed by atoms with van der Waals surface area (Å²) in [5.74, 6) is 0.112. The summed E-state index contributed by atoms with van der Waals surface area (Å²) in [6.45, 7) is 4.17. The number of rotatable bonds is 7. The number of nitrogens with zero attached hydrogens (tertiary/aromatic N) is 1. The van der Waals surface area contributed by atoms with E-state index in [1.54, 1.807) is 12.1 Å². The van der Waals surface area contributed by atoms with Crippen LogP contribution in [-0.2, 0) is 0 Å². The highest BCUT2D eigenvalue weighted by molar-refractivity contribution is 5.67. The molecule has 0 spiro atoms. The fraction of sp³-hybridized carbons (Fsp3) is 0.600. The molecule has 19 heavy (non-hydrogen) atoms. The lowest BCUT2D eigenvalue weighted by atomic mass is 9.96. The highest BCUT2D eigenvalue weighted by Gasteiger charge is 2.13. The molecule has 0 saturated carbocycles. The first-order valence-corrected chi connectivity index (χ1v) is 7.02. The first kappa shape index (κ1) is 15.5. The first-order chi connectivity index (χ1) is 9.07. The van der Waals surface area contributed by atoms with Crippen molar-refractivity contribution in [2.45, 2.75) is 58.3 Å². The monoisotopic (exact) mass is 265 g/mol. The molecule has 1 atom stereocenters. The van der Waals surface area contributed by atoms with Crippen LogP contribution in [0.4, 0.5) is 4.79 Å². The van der Waals surface area contributed by atoms with E-state index in [0.717, 1.165) is 17.4 Å². The molecule has 4 heteroatoms. The molecule has 1 heterocycles. The number of hydrogen-bond acceptors (Lipinski definition) is 2. The molecular weight excluding hydrogens is 242 g/mol. The van der Waals surface area contributed by atoms with Crippen LogP contribution >= 0.6 is 0 Å². The Balaban J connectivity index is 2.62. The van der Waals surface area contributed by atoms with E-state index in [-0.39, 0.29) is 5.92 Å². The predicted octanol–water partition coefficient (Wildman–Crippen LogP) is 3.84. The minimum atomic E-state index is -1.22. The molecule has 0 aliphatic rings. The Labute approximate surface area is 114 Å². The molecule has 0 aliphatic heterocycles. The van der Waals surface area contributed by atoms with Crippen molar-refractivity contribution in [2.24, 2.45) is 0 Å². The average Bonchev–Trinajstić information content (AvgIpc) is 2.38. The largest absolute Gasteiger partial charge is 0.464 e. The van der Waals surface area contributed by atoms with E-state index in [1.165, 1.54) is 31.9 Å². The van der Waals surface area contributed by atoms with Gasteiger partial charge in [0, 0.05) is 11.8 Å². The lowest BCUT2D eigenvalue weighted by molar-refractivity contribution is 0.195. The van der Waals surface area contributed by atoms with Gasteiger partial charge in [-0.1, -0.05) is 52.0 Å². The van der Waals surface area contributed by atoms with Crippen LogP contribution in [0.1, 0.15) is 63.9 Å². The molecule has 0 fully saturated rings. The molecular formula is C15H23NO3. The number of unbranched alkanes of at least 4 members (excludes halogenated alkanes) is 4. The Morgan fingerprint density at radius 3 is 2.63 bits per heavy atom. The van der Waals surface area contributed by atoms with Gasteiger partial charge in [0.15, 0.2) is 0 Å². The van der Waals surface area contributed by atoms with Crippen molar-refractivity contribution >= 4 is 6.09 Å². The van der Waals surface area contributed by atoms with Gasteiger partial charge in [0.05, 0.1) is 0 Å². The summed E-state index contributed by atoms with van der Waals surface area (Å²) in [5.41, 5.74) is 0.191. The fourth-order valence-electron chi connectivity index (χ4n) is 2.25. The SMILES string of the molecule is CCCCCCC[C@H](C)c1cccn(C(=O)O)c1=O.